The van der Waals surface area contributed by atoms with Gasteiger partial charge in [-0.1, -0.05) is 0 Å². The van der Waals surface area contributed by atoms with E-state index in [9.17, 15) is 20.4 Å². The van der Waals surface area contributed by atoms with Gasteiger partial charge in [0.25, 0.3) is 0 Å². The molecule has 4 rings (SSSR count). The molecule has 27 heavy (non-hydrogen) atoms. The molecule has 1 saturated carbocycles. The number of fused-ring (bicyclic) bond motifs is 2. The summed E-state index contributed by atoms with van der Waals surface area (Å²) in [6.45, 7) is 3.55. The van der Waals surface area contributed by atoms with Crippen LogP contribution < -0.4 is 0 Å². The van der Waals surface area contributed by atoms with Crippen LogP contribution in [0.4, 0.5) is 0 Å². The quantitative estimate of drug-likeness (QED) is 0.485. The van der Waals surface area contributed by atoms with E-state index in [0.717, 1.165) is 0 Å². The van der Waals surface area contributed by atoms with Gasteiger partial charge in [0.2, 0.25) is 6.29 Å². The van der Waals surface area contributed by atoms with Crippen molar-refractivity contribution in [3.63, 3.8) is 0 Å². The highest BCUT2D eigenvalue weighted by atomic mass is 16.8. The van der Waals surface area contributed by atoms with Crippen molar-refractivity contribution in [2.75, 3.05) is 13.2 Å². The third-order valence-corrected chi connectivity index (χ3v) is 5.96. The van der Waals surface area contributed by atoms with Crippen molar-refractivity contribution in [1.29, 1.82) is 0 Å². The molecule has 4 N–H and O–H groups in total. The first-order valence-corrected chi connectivity index (χ1v) is 9.40. The average Bonchev–Trinajstić information content (AvgIpc) is 2.97. The highest BCUT2D eigenvalue weighted by molar-refractivity contribution is 5.05. The lowest BCUT2D eigenvalue weighted by molar-refractivity contribution is -0.397. The van der Waals surface area contributed by atoms with Gasteiger partial charge >= 0.3 is 0 Å². The van der Waals surface area contributed by atoms with Crippen LogP contribution in [0.25, 0.3) is 0 Å². The van der Waals surface area contributed by atoms with E-state index in [-0.39, 0.29) is 31.0 Å². The van der Waals surface area contributed by atoms with E-state index in [4.69, 9.17) is 23.7 Å². The number of hydrogen-bond donors (Lipinski definition) is 4. The molecule has 0 spiro atoms. The second-order valence-corrected chi connectivity index (χ2v) is 8.19. The highest BCUT2D eigenvalue weighted by Crippen LogP contribution is 2.44. The summed E-state index contributed by atoms with van der Waals surface area (Å²) in [5.74, 6) is -1.56. The fourth-order valence-electron chi connectivity index (χ4n) is 4.55. The first-order valence-electron chi connectivity index (χ1n) is 9.40. The Balaban J connectivity index is 1.47. The predicted octanol–water partition coefficient (Wildman–Crippen LogP) is -0.923. The molecule has 4 aliphatic rings. The summed E-state index contributed by atoms with van der Waals surface area (Å²) in [6.07, 6.45) is -2.78. The Labute approximate surface area is 157 Å². The lowest BCUT2D eigenvalue weighted by Crippen LogP contribution is -2.65. The first-order chi connectivity index (χ1) is 12.8. The number of aliphatic hydroxyl groups excluding tert-OH is 4. The fraction of sp³-hybridized carbons (Fsp3) is 0.889. The first kappa shape index (κ1) is 19.5. The lowest BCUT2D eigenvalue weighted by Gasteiger charge is -2.49. The third-order valence-electron chi connectivity index (χ3n) is 5.96. The van der Waals surface area contributed by atoms with Crippen LogP contribution in [-0.4, -0.2) is 82.5 Å². The largest absolute Gasteiger partial charge is 0.472 e. The SMILES string of the molecule is CC1(C)OC[C@H]2O[C@@H](O[C@@H]3OC=C[C@@H]4[C@H]3[C@@H](CO)C[C@H]4O)[C@H](O)[C@@H](O)[C@@H]2O1. The monoisotopic (exact) mass is 388 g/mol. The number of ether oxygens (including phenoxy) is 5. The summed E-state index contributed by atoms with van der Waals surface area (Å²) in [4.78, 5) is 0. The Morgan fingerprint density at radius 1 is 1.15 bits per heavy atom. The zero-order valence-electron chi connectivity index (χ0n) is 15.4. The van der Waals surface area contributed by atoms with E-state index in [0.29, 0.717) is 6.42 Å². The molecular formula is C18H28O9. The Morgan fingerprint density at radius 3 is 2.67 bits per heavy atom. The zero-order valence-corrected chi connectivity index (χ0v) is 15.4. The summed E-state index contributed by atoms with van der Waals surface area (Å²) in [7, 11) is 0. The number of rotatable bonds is 3. The van der Waals surface area contributed by atoms with Gasteiger partial charge in [-0.3, -0.25) is 0 Å². The maximum atomic E-state index is 10.5. The van der Waals surface area contributed by atoms with E-state index < -0.39 is 48.9 Å². The van der Waals surface area contributed by atoms with Gasteiger partial charge in [-0.15, -0.1) is 0 Å². The van der Waals surface area contributed by atoms with Gasteiger partial charge in [-0.2, -0.15) is 0 Å². The van der Waals surface area contributed by atoms with Gasteiger partial charge in [0.15, 0.2) is 12.1 Å². The van der Waals surface area contributed by atoms with Crippen molar-refractivity contribution >= 4 is 0 Å². The van der Waals surface area contributed by atoms with Crippen molar-refractivity contribution in [1.82, 2.24) is 0 Å². The van der Waals surface area contributed by atoms with Crippen molar-refractivity contribution in [2.45, 2.75) is 69.2 Å². The van der Waals surface area contributed by atoms with E-state index >= 15 is 0 Å². The maximum absolute atomic E-state index is 10.5. The molecule has 10 atom stereocenters. The van der Waals surface area contributed by atoms with Crippen LogP contribution in [0.2, 0.25) is 0 Å². The maximum Gasteiger partial charge on any atom is 0.205 e. The van der Waals surface area contributed by atoms with Crippen LogP contribution in [0, 0.1) is 17.8 Å². The molecular weight excluding hydrogens is 360 g/mol. The molecule has 3 heterocycles. The summed E-state index contributed by atoms with van der Waals surface area (Å²) < 4.78 is 28.5. The van der Waals surface area contributed by atoms with Crippen LogP contribution in [-0.2, 0) is 23.7 Å². The van der Waals surface area contributed by atoms with Crippen LogP contribution in [0.15, 0.2) is 12.3 Å². The molecule has 3 fully saturated rings. The highest BCUT2D eigenvalue weighted by Gasteiger charge is 2.54. The standard InChI is InChI=1S/C18H28O9/c1-18(2)24-7-11-15(27-18)13(21)14(22)17(25-11)26-16-12-8(6-19)5-10(20)9(12)3-4-23-16/h3-4,8-17,19-22H,5-7H2,1-2H3/t8-,9+,10-,11-,12-,13-,14-,15-,16+,17+/m1/s1. The molecule has 0 aromatic rings. The van der Waals surface area contributed by atoms with E-state index in [2.05, 4.69) is 0 Å². The minimum absolute atomic E-state index is 0.104. The molecule has 3 aliphatic heterocycles. The topological polar surface area (TPSA) is 127 Å². The van der Waals surface area contributed by atoms with Crippen molar-refractivity contribution < 1.29 is 44.1 Å². The summed E-state index contributed by atoms with van der Waals surface area (Å²) >= 11 is 0. The van der Waals surface area contributed by atoms with Crippen LogP contribution >= 0.6 is 0 Å². The minimum Gasteiger partial charge on any atom is -0.472 e. The smallest absolute Gasteiger partial charge is 0.205 e. The van der Waals surface area contributed by atoms with Gasteiger partial charge in [-0.05, 0) is 32.3 Å². The second kappa shape index (κ2) is 7.23. The van der Waals surface area contributed by atoms with Crippen molar-refractivity contribution in [2.24, 2.45) is 17.8 Å². The number of hydrogen-bond acceptors (Lipinski definition) is 9. The summed E-state index contributed by atoms with van der Waals surface area (Å²) in [5, 5.41) is 40.9. The molecule has 0 aromatic heterocycles. The third kappa shape index (κ3) is 3.51. The molecule has 9 heteroatoms. The Bertz CT molecular complexity index is 565. The molecule has 0 unspecified atom stereocenters. The molecule has 9 nitrogen and oxygen atoms in total. The molecule has 0 aromatic carbocycles. The molecule has 1 aliphatic carbocycles. The fourth-order valence-corrected chi connectivity index (χ4v) is 4.55. The zero-order chi connectivity index (χ0) is 19.3. The summed E-state index contributed by atoms with van der Waals surface area (Å²) in [5.41, 5.74) is 0. The Morgan fingerprint density at radius 2 is 1.93 bits per heavy atom. The molecule has 154 valence electrons. The summed E-state index contributed by atoms with van der Waals surface area (Å²) in [6, 6.07) is 0. The van der Waals surface area contributed by atoms with E-state index in [1.54, 1.807) is 19.9 Å². The van der Waals surface area contributed by atoms with Gasteiger partial charge in [-0.25, -0.2) is 0 Å². The van der Waals surface area contributed by atoms with Gasteiger partial charge in [0, 0.05) is 18.4 Å². The van der Waals surface area contributed by atoms with Crippen molar-refractivity contribution in [3.8, 4) is 0 Å². The van der Waals surface area contributed by atoms with Gasteiger partial charge in [0.1, 0.15) is 24.4 Å². The average molecular weight is 388 g/mol. The second-order valence-electron chi connectivity index (χ2n) is 8.19. The van der Waals surface area contributed by atoms with Crippen LogP contribution in [0.1, 0.15) is 20.3 Å². The predicted molar refractivity (Wildman–Crippen MR) is 88.9 cm³/mol. The molecule has 0 radical (unpaired) electrons. The van der Waals surface area contributed by atoms with Crippen molar-refractivity contribution in [3.05, 3.63) is 12.3 Å². The Hall–Kier alpha value is -0.780. The molecule has 0 bridgehead atoms. The Kier molecular flexibility index (Phi) is 5.23. The number of aliphatic hydroxyl groups is 4. The lowest BCUT2D eigenvalue weighted by atomic mass is 9.87. The molecule has 0 amide bonds. The van der Waals surface area contributed by atoms with Crippen LogP contribution in [0.5, 0.6) is 0 Å². The van der Waals surface area contributed by atoms with E-state index in [1.807, 2.05) is 0 Å². The van der Waals surface area contributed by atoms with Crippen LogP contribution in [0.3, 0.4) is 0 Å². The minimum atomic E-state index is -1.34. The van der Waals surface area contributed by atoms with Gasteiger partial charge in [0.05, 0.1) is 19.0 Å². The molecule has 2 saturated heterocycles. The normalized spacial score (nSPS) is 51.3. The van der Waals surface area contributed by atoms with E-state index in [1.165, 1.54) is 6.26 Å². The van der Waals surface area contributed by atoms with Gasteiger partial charge < -0.3 is 44.1 Å².